The highest BCUT2D eigenvalue weighted by Gasteiger charge is 2.13. The lowest BCUT2D eigenvalue weighted by molar-refractivity contribution is -0.119. The quantitative estimate of drug-likeness (QED) is 0.661. The fraction of sp³-hybridized carbons (Fsp3) is 0.231. The molecule has 2 amide bonds. The molecule has 1 aromatic heterocycles. The molecule has 2 rings (SSSR count). The molecule has 1 heterocycles. The zero-order valence-electron chi connectivity index (χ0n) is 11.5. The molecule has 1 aromatic carbocycles. The summed E-state index contributed by atoms with van der Waals surface area (Å²) in [5.74, 6) is -0.455. The summed E-state index contributed by atoms with van der Waals surface area (Å²) in [7, 11) is 0. The van der Waals surface area contributed by atoms with Crippen molar-refractivity contribution >= 4 is 35.1 Å². The number of carbonyl (C=O) groups excluding carboxylic acids is 2. The highest BCUT2D eigenvalue weighted by atomic mass is 32.2. The normalized spacial score (nSPS) is 10.2. The van der Waals surface area contributed by atoms with Crippen molar-refractivity contribution in [3.05, 3.63) is 40.4 Å². The van der Waals surface area contributed by atoms with Crippen LogP contribution in [-0.2, 0) is 4.79 Å². The lowest BCUT2D eigenvalue weighted by Crippen LogP contribution is -2.42. The second-order valence-electron chi connectivity index (χ2n) is 4.29. The topological polar surface area (TPSA) is 84.0 Å². The molecule has 0 bridgehead atoms. The molecule has 8 heteroatoms. The number of nitrogens with zero attached hydrogens (tertiary/aromatic N) is 2. The van der Waals surface area contributed by atoms with Crippen LogP contribution in [0.5, 0.6) is 0 Å². The highest BCUT2D eigenvalue weighted by Crippen LogP contribution is 2.17. The van der Waals surface area contributed by atoms with Crippen LogP contribution in [-0.4, -0.2) is 27.2 Å². The van der Waals surface area contributed by atoms with Crippen LogP contribution in [0.3, 0.4) is 0 Å². The van der Waals surface area contributed by atoms with Crippen molar-refractivity contribution in [3.63, 3.8) is 0 Å². The van der Waals surface area contributed by atoms with Crippen LogP contribution in [0, 0.1) is 13.8 Å². The number of hydrazine groups is 1. The van der Waals surface area contributed by atoms with E-state index in [9.17, 15) is 9.59 Å². The van der Waals surface area contributed by atoms with Crippen molar-refractivity contribution in [3.8, 4) is 0 Å². The average molecular weight is 322 g/mol. The summed E-state index contributed by atoms with van der Waals surface area (Å²) >= 11 is 2.40. The van der Waals surface area contributed by atoms with Crippen molar-refractivity contribution in [2.75, 3.05) is 5.75 Å². The minimum Gasteiger partial charge on any atom is -0.272 e. The number of aryl methyl sites for hydroxylation is 2. The molecule has 0 fully saturated rings. The first kappa shape index (κ1) is 15.5. The van der Waals surface area contributed by atoms with Gasteiger partial charge in [0.15, 0.2) is 0 Å². The SMILES string of the molecule is Cc1ccc(SCC(=O)NNC(=O)c2snnc2C)cc1. The van der Waals surface area contributed by atoms with Gasteiger partial charge in [0.25, 0.3) is 5.91 Å². The van der Waals surface area contributed by atoms with Gasteiger partial charge in [-0.2, -0.15) is 0 Å². The van der Waals surface area contributed by atoms with Crippen molar-refractivity contribution in [1.82, 2.24) is 20.4 Å². The predicted octanol–water partition coefficient (Wildman–Crippen LogP) is 1.71. The minimum atomic E-state index is -0.406. The number of rotatable bonds is 4. The van der Waals surface area contributed by atoms with E-state index in [2.05, 4.69) is 20.4 Å². The fourth-order valence-corrected chi connectivity index (χ4v) is 2.69. The van der Waals surface area contributed by atoms with Crippen LogP contribution in [0.25, 0.3) is 0 Å². The summed E-state index contributed by atoms with van der Waals surface area (Å²) in [6.07, 6.45) is 0. The van der Waals surface area contributed by atoms with Crippen molar-refractivity contribution in [1.29, 1.82) is 0 Å². The van der Waals surface area contributed by atoms with E-state index in [1.54, 1.807) is 6.92 Å². The summed E-state index contributed by atoms with van der Waals surface area (Å²) in [5, 5.41) is 3.74. The lowest BCUT2D eigenvalue weighted by atomic mass is 10.2. The summed E-state index contributed by atoms with van der Waals surface area (Å²) in [6.45, 7) is 3.69. The zero-order valence-corrected chi connectivity index (χ0v) is 13.2. The molecular weight excluding hydrogens is 308 g/mol. The van der Waals surface area contributed by atoms with Gasteiger partial charge in [-0.15, -0.1) is 16.9 Å². The van der Waals surface area contributed by atoms with Crippen molar-refractivity contribution in [2.45, 2.75) is 18.7 Å². The van der Waals surface area contributed by atoms with Crippen LogP contribution >= 0.6 is 23.3 Å². The van der Waals surface area contributed by atoms with Crippen LogP contribution in [0.15, 0.2) is 29.2 Å². The van der Waals surface area contributed by atoms with Crippen LogP contribution in [0.2, 0.25) is 0 Å². The van der Waals surface area contributed by atoms with Gasteiger partial charge in [-0.3, -0.25) is 20.4 Å². The summed E-state index contributed by atoms with van der Waals surface area (Å²) < 4.78 is 3.67. The van der Waals surface area contributed by atoms with Gasteiger partial charge in [0, 0.05) is 4.90 Å². The molecule has 110 valence electrons. The predicted molar refractivity (Wildman–Crippen MR) is 82.2 cm³/mol. The molecular formula is C13H14N4O2S2. The summed E-state index contributed by atoms with van der Waals surface area (Å²) in [4.78, 5) is 24.8. The Kier molecular flexibility index (Phi) is 5.29. The molecule has 21 heavy (non-hydrogen) atoms. The lowest BCUT2D eigenvalue weighted by Gasteiger charge is -2.06. The molecule has 0 unspecified atom stereocenters. The second-order valence-corrected chi connectivity index (χ2v) is 6.09. The van der Waals surface area contributed by atoms with Gasteiger partial charge in [-0.1, -0.05) is 22.2 Å². The summed E-state index contributed by atoms with van der Waals surface area (Å²) in [6, 6.07) is 7.89. The smallest absolute Gasteiger partial charge is 0.272 e. The first-order chi connectivity index (χ1) is 10.1. The third-order valence-electron chi connectivity index (χ3n) is 2.56. The van der Waals surface area contributed by atoms with E-state index in [-0.39, 0.29) is 11.7 Å². The Labute approximate surface area is 130 Å². The van der Waals surface area contributed by atoms with E-state index in [1.807, 2.05) is 31.2 Å². The maximum absolute atomic E-state index is 11.7. The zero-order chi connectivity index (χ0) is 15.2. The number of nitrogens with one attached hydrogen (secondary N) is 2. The van der Waals surface area contributed by atoms with E-state index in [4.69, 9.17) is 0 Å². The van der Waals surface area contributed by atoms with Gasteiger partial charge < -0.3 is 0 Å². The summed E-state index contributed by atoms with van der Waals surface area (Å²) in [5.41, 5.74) is 6.43. The first-order valence-corrected chi connectivity index (χ1v) is 7.90. The molecule has 0 atom stereocenters. The Morgan fingerprint density at radius 1 is 1.19 bits per heavy atom. The number of hydrogen-bond donors (Lipinski definition) is 2. The Hall–Kier alpha value is -1.93. The maximum atomic E-state index is 11.7. The number of carbonyl (C=O) groups is 2. The first-order valence-electron chi connectivity index (χ1n) is 6.14. The molecule has 6 nitrogen and oxygen atoms in total. The number of aromatic nitrogens is 2. The highest BCUT2D eigenvalue weighted by molar-refractivity contribution is 8.00. The average Bonchev–Trinajstić information content (AvgIpc) is 2.90. The molecule has 0 aliphatic carbocycles. The van der Waals surface area contributed by atoms with E-state index in [0.717, 1.165) is 16.4 Å². The van der Waals surface area contributed by atoms with Gasteiger partial charge in [-0.05, 0) is 37.5 Å². The monoisotopic (exact) mass is 322 g/mol. The second kappa shape index (κ2) is 7.19. The number of hydrogen-bond acceptors (Lipinski definition) is 6. The van der Waals surface area contributed by atoms with E-state index in [0.29, 0.717) is 10.6 Å². The Morgan fingerprint density at radius 2 is 1.90 bits per heavy atom. The van der Waals surface area contributed by atoms with E-state index in [1.165, 1.54) is 17.3 Å². The number of amides is 2. The number of benzene rings is 1. The maximum Gasteiger partial charge on any atom is 0.283 e. The molecule has 0 saturated heterocycles. The number of thioether (sulfide) groups is 1. The third-order valence-corrected chi connectivity index (χ3v) is 4.40. The van der Waals surface area contributed by atoms with Gasteiger partial charge in [-0.25, -0.2) is 0 Å². The third kappa shape index (κ3) is 4.54. The van der Waals surface area contributed by atoms with Crippen LogP contribution in [0.1, 0.15) is 20.9 Å². The molecule has 0 radical (unpaired) electrons. The fourth-order valence-electron chi connectivity index (χ4n) is 1.44. The van der Waals surface area contributed by atoms with Crippen molar-refractivity contribution < 1.29 is 9.59 Å². The van der Waals surface area contributed by atoms with E-state index >= 15 is 0 Å². The van der Waals surface area contributed by atoms with Gasteiger partial charge in [0.1, 0.15) is 4.88 Å². The van der Waals surface area contributed by atoms with Gasteiger partial charge in [0.05, 0.1) is 11.4 Å². The molecule has 0 saturated carbocycles. The van der Waals surface area contributed by atoms with Gasteiger partial charge >= 0.3 is 0 Å². The Morgan fingerprint density at radius 3 is 2.52 bits per heavy atom. The Bertz CT molecular complexity index is 640. The molecule has 2 aromatic rings. The molecule has 0 spiro atoms. The molecule has 0 aliphatic heterocycles. The van der Waals surface area contributed by atoms with Crippen LogP contribution < -0.4 is 10.9 Å². The van der Waals surface area contributed by atoms with Crippen molar-refractivity contribution in [2.24, 2.45) is 0 Å². The minimum absolute atomic E-state index is 0.225. The molecule has 0 aliphatic rings. The van der Waals surface area contributed by atoms with E-state index < -0.39 is 5.91 Å². The van der Waals surface area contributed by atoms with Crippen LogP contribution in [0.4, 0.5) is 0 Å². The molecule has 2 N–H and O–H groups in total. The Balaban J connectivity index is 1.76. The largest absolute Gasteiger partial charge is 0.283 e. The standard InChI is InChI=1S/C13H14N4O2S2/c1-8-3-5-10(6-4-8)20-7-11(18)15-16-13(19)12-9(2)14-17-21-12/h3-6H,7H2,1-2H3,(H,15,18)(H,16,19). The van der Waals surface area contributed by atoms with Gasteiger partial charge in [0.2, 0.25) is 5.91 Å².